The van der Waals surface area contributed by atoms with Crippen LogP contribution in [0.15, 0.2) is 24.3 Å². The normalized spacial score (nSPS) is 21.2. The molecule has 9 heteroatoms. The molecule has 7 nitrogen and oxygen atoms in total. The molecule has 0 radical (unpaired) electrons. The summed E-state index contributed by atoms with van der Waals surface area (Å²) in [6.45, 7) is 4.45. The average Bonchev–Trinajstić information content (AvgIpc) is 2.73. The summed E-state index contributed by atoms with van der Waals surface area (Å²) >= 11 is 5.97. The number of piperazine rings is 1. The summed E-state index contributed by atoms with van der Waals surface area (Å²) in [7, 11) is -3.29. The van der Waals surface area contributed by atoms with E-state index in [1.807, 2.05) is 6.92 Å². The van der Waals surface area contributed by atoms with Crippen molar-refractivity contribution in [3.8, 4) is 0 Å². The summed E-state index contributed by atoms with van der Waals surface area (Å²) in [5.41, 5.74) is 0.543. The molecule has 1 atom stereocenters. The predicted octanol–water partition coefficient (Wildman–Crippen LogP) is 2.08. The second-order valence-corrected chi connectivity index (χ2v) is 10.2. The molecule has 2 fully saturated rings. The number of rotatable bonds is 5. The Morgan fingerprint density at radius 2 is 1.79 bits per heavy atom. The smallest absolute Gasteiger partial charge is 0.254 e. The third-order valence-electron chi connectivity index (χ3n) is 5.54. The molecule has 1 unspecified atom stereocenters. The van der Waals surface area contributed by atoms with Crippen molar-refractivity contribution in [2.24, 2.45) is 5.92 Å². The Labute approximate surface area is 177 Å². The molecule has 2 aliphatic rings. The highest BCUT2D eigenvalue weighted by Gasteiger charge is 2.35. The van der Waals surface area contributed by atoms with Crippen molar-refractivity contribution >= 4 is 33.4 Å². The van der Waals surface area contributed by atoms with Gasteiger partial charge in [-0.25, -0.2) is 12.7 Å². The third kappa shape index (κ3) is 5.29. The van der Waals surface area contributed by atoms with E-state index in [1.165, 1.54) is 4.31 Å². The highest BCUT2D eigenvalue weighted by atomic mass is 35.5. The molecule has 1 aromatic rings. The second-order valence-electron chi connectivity index (χ2n) is 7.64. The maximum Gasteiger partial charge on any atom is 0.254 e. The quantitative estimate of drug-likeness (QED) is 0.700. The number of piperidine rings is 1. The number of amides is 2. The first-order valence-electron chi connectivity index (χ1n) is 10.1. The molecule has 0 saturated carbocycles. The molecule has 2 saturated heterocycles. The lowest BCUT2D eigenvalue weighted by Gasteiger charge is -2.38. The number of hydrogen-bond acceptors (Lipinski definition) is 4. The number of carbonyl (C=O) groups is 2. The maximum absolute atomic E-state index is 13.0. The van der Waals surface area contributed by atoms with Crippen LogP contribution in [-0.4, -0.2) is 79.4 Å². The minimum Gasteiger partial charge on any atom is -0.339 e. The van der Waals surface area contributed by atoms with Crippen LogP contribution in [0.5, 0.6) is 0 Å². The highest BCUT2D eigenvalue weighted by molar-refractivity contribution is 7.89. The monoisotopic (exact) mass is 441 g/mol. The van der Waals surface area contributed by atoms with E-state index in [1.54, 1.807) is 34.1 Å². The average molecular weight is 442 g/mol. The van der Waals surface area contributed by atoms with E-state index in [9.17, 15) is 18.0 Å². The molecule has 2 aliphatic heterocycles. The fraction of sp³-hybridized carbons (Fsp3) is 0.600. The van der Waals surface area contributed by atoms with Crippen LogP contribution >= 0.6 is 11.6 Å². The van der Waals surface area contributed by atoms with E-state index >= 15 is 0 Å². The molecule has 1 aromatic carbocycles. The molecular weight excluding hydrogens is 414 g/mol. The largest absolute Gasteiger partial charge is 0.339 e. The number of sulfonamides is 1. The van der Waals surface area contributed by atoms with Crippen LogP contribution in [0.2, 0.25) is 5.02 Å². The Balaban J connectivity index is 1.56. The molecule has 2 heterocycles. The SMILES string of the molecule is CCCS(=O)(=O)N1CCCC(C(=O)N2CCN(C(=O)c3cccc(Cl)c3)CC2)C1. The Bertz CT molecular complexity index is 853. The number of carbonyl (C=O) groups excluding carboxylic acids is 2. The van der Waals surface area contributed by atoms with Crippen molar-refractivity contribution in [1.29, 1.82) is 0 Å². The molecule has 0 bridgehead atoms. The number of halogens is 1. The zero-order chi connectivity index (χ0) is 21.0. The predicted molar refractivity (Wildman–Crippen MR) is 112 cm³/mol. The van der Waals surface area contributed by atoms with Gasteiger partial charge in [0.15, 0.2) is 0 Å². The summed E-state index contributed by atoms with van der Waals surface area (Å²) in [5.74, 6) is -0.269. The van der Waals surface area contributed by atoms with Gasteiger partial charge in [-0.3, -0.25) is 9.59 Å². The standard InChI is InChI=1S/C20H28ClN3O4S/c1-2-13-29(27,28)24-8-4-6-17(15-24)20(26)23-11-9-22(10-12-23)19(25)16-5-3-7-18(21)14-16/h3,5,7,14,17H,2,4,6,8-13,15H2,1H3. The topological polar surface area (TPSA) is 78.0 Å². The Morgan fingerprint density at radius 1 is 1.10 bits per heavy atom. The fourth-order valence-electron chi connectivity index (χ4n) is 3.98. The summed E-state index contributed by atoms with van der Waals surface area (Å²) in [6.07, 6.45) is 1.98. The van der Waals surface area contributed by atoms with Crippen LogP contribution in [0.4, 0.5) is 0 Å². The molecular formula is C20H28ClN3O4S. The molecule has 160 valence electrons. The van der Waals surface area contributed by atoms with Crippen LogP contribution < -0.4 is 0 Å². The van der Waals surface area contributed by atoms with Gasteiger partial charge in [-0.05, 0) is 37.5 Å². The summed E-state index contributed by atoms with van der Waals surface area (Å²) < 4.78 is 26.2. The Hall–Kier alpha value is -1.64. The van der Waals surface area contributed by atoms with Gasteiger partial charge in [0, 0.05) is 49.9 Å². The van der Waals surface area contributed by atoms with Gasteiger partial charge >= 0.3 is 0 Å². The van der Waals surface area contributed by atoms with Crippen LogP contribution in [0.3, 0.4) is 0 Å². The zero-order valence-electron chi connectivity index (χ0n) is 16.7. The molecule has 0 aliphatic carbocycles. The van der Waals surface area contributed by atoms with E-state index in [4.69, 9.17) is 11.6 Å². The highest BCUT2D eigenvalue weighted by Crippen LogP contribution is 2.23. The van der Waals surface area contributed by atoms with Crippen molar-refractivity contribution in [1.82, 2.24) is 14.1 Å². The van der Waals surface area contributed by atoms with Crippen LogP contribution in [-0.2, 0) is 14.8 Å². The van der Waals surface area contributed by atoms with Crippen LogP contribution in [0.25, 0.3) is 0 Å². The number of nitrogens with zero attached hydrogens (tertiary/aromatic N) is 3. The summed E-state index contributed by atoms with van der Waals surface area (Å²) in [4.78, 5) is 29.1. The van der Waals surface area contributed by atoms with Crippen molar-refractivity contribution in [2.45, 2.75) is 26.2 Å². The third-order valence-corrected chi connectivity index (χ3v) is 7.82. The van der Waals surface area contributed by atoms with Crippen molar-refractivity contribution < 1.29 is 18.0 Å². The molecule has 0 aromatic heterocycles. The Morgan fingerprint density at radius 3 is 2.45 bits per heavy atom. The fourth-order valence-corrected chi connectivity index (χ4v) is 5.75. The Kier molecular flexibility index (Phi) is 7.19. The van der Waals surface area contributed by atoms with Crippen LogP contribution in [0, 0.1) is 5.92 Å². The van der Waals surface area contributed by atoms with E-state index in [0.717, 1.165) is 0 Å². The lowest BCUT2D eigenvalue weighted by Crippen LogP contribution is -2.54. The zero-order valence-corrected chi connectivity index (χ0v) is 18.3. The second kappa shape index (κ2) is 9.45. The van der Waals surface area contributed by atoms with Gasteiger partial charge in [0.2, 0.25) is 15.9 Å². The van der Waals surface area contributed by atoms with E-state index in [2.05, 4.69) is 0 Å². The van der Waals surface area contributed by atoms with E-state index in [-0.39, 0.29) is 30.0 Å². The van der Waals surface area contributed by atoms with Crippen LogP contribution in [0.1, 0.15) is 36.5 Å². The van der Waals surface area contributed by atoms with Crippen molar-refractivity contribution in [2.75, 3.05) is 45.0 Å². The van der Waals surface area contributed by atoms with Gasteiger partial charge in [-0.15, -0.1) is 0 Å². The minimum atomic E-state index is -3.29. The lowest BCUT2D eigenvalue weighted by atomic mass is 9.97. The first-order valence-corrected chi connectivity index (χ1v) is 12.1. The van der Waals surface area contributed by atoms with Gasteiger partial charge in [0.05, 0.1) is 11.7 Å². The van der Waals surface area contributed by atoms with Gasteiger partial charge < -0.3 is 9.80 Å². The molecule has 0 spiro atoms. The molecule has 3 rings (SSSR count). The van der Waals surface area contributed by atoms with Gasteiger partial charge in [0.25, 0.3) is 5.91 Å². The number of benzene rings is 1. The first-order chi connectivity index (χ1) is 13.8. The summed E-state index contributed by atoms with van der Waals surface area (Å²) in [5, 5.41) is 0.518. The van der Waals surface area contributed by atoms with E-state index in [0.29, 0.717) is 62.6 Å². The summed E-state index contributed by atoms with van der Waals surface area (Å²) in [6, 6.07) is 6.85. The molecule has 2 amide bonds. The van der Waals surface area contributed by atoms with Gasteiger partial charge in [-0.2, -0.15) is 0 Å². The maximum atomic E-state index is 13.0. The molecule has 0 N–H and O–H groups in total. The van der Waals surface area contributed by atoms with E-state index < -0.39 is 10.0 Å². The lowest BCUT2D eigenvalue weighted by molar-refractivity contribution is -0.138. The number of hydrogen-bond donors (Lipinski definition) is 0. The van der Waals surface area contributed by atoms with Crippen molar-refractivity contribution in [3.05, 3.63) is 34.9 Å². The first kappa shape index (κ1) is 22.1. The van der Waals surface area contributed by atoms with Gasteiger partial charge in [-0.1, -0.05) is 24.6 Å². The van der Waals surface area contributed by atoms with Gasteiger partial charge in [0.1, 0.15) is 0 Å². The minimum absolute atomic E-state index is 0.00347. The molecule has 29 heavy (non-hydrogen) atoms. The van der Waals surface area contributed by atoms with Crippen molar-refractivity contribution in [3.63, 3.8) is 0 Å².